The molecular formula is C15H10BrClN2OS. The molecule has 106 valence electrons. The molecule has 21 heavy (non-hydrogen) atoms. The van der Waals surface area contributed by atoms with E-state index in [1.807, 2.05) is 29.8 Å². The lowest BCUT2D eigenvalue weighted by molar-refractivity contribution is 0.0998. The van der Waals surface area contributed by atoms with Crippen molar-refractivity contribution in [3.8, 4) is 0 Å². The maximum Gasteiger partial charge on any atom is 0.281 e. The van der Waals surface area contributed by atoms with Crippen LogP contribution in [-0.4, -0.2) is 10.5 Å². The topological polar surface area (TPSA) is 34.4 Å². The molecule has 0 radical (unpaired) electrons. The second-order valence-corrected chi connectivity index (χ2v) is 6.70. The molecule has 0 bridgehead atoms. The summed E-state index contributed by atoms with van der Waals surface area (Å²) in [5.74, 6) is -0.334. The second kappa shape index (κ2) is 5.75. The van der Waals surface area contributed by atoms with Crippen LogP contribution in [0.4, 0.5) is 0 Å². The van der Waals surface area contributed by atoms with Gasteiger partial charge in [-0.3, -0.25) is 4.79 Å². The molecule has 0 fully saturated rings. The van der Waals surface area contributed by atoms with E-state index in [1.165, 1.54) is 11.3 Å². The first-order valence-electron chi connectivity index (χ1n) is 6.15. The van der Waals surface area contributed by atoms with Gasteiger partial charge in [0, 0.05) is 11.5 Å². The Bertz CT molecular complexity index is 913. The highest BCUT2D eigenvalue weighted by Crippen LogP contribution is 2.25. The Labute approximate surface area is 138 Å². The number of thiazole rings is 1. The Morgan fingerprint density at radius 1 is 1.24 bits per heavy atom. The summed E-state index contributed by atoms with van der Waals surface area (Å²) in [4.78, 5) is 17.1. The highest BCUT2D eigenvalue weighted by atomic mass is 79.9. The average Bonchev–Trinajstić information content (AvgIpc) is 2.77. The van der Waals surface area contributed by atoms with E-state index in [4.69, 9.17) is 11.6 Å². The van der Waals surface area contributed by atoms with Crippen molar-refractivity contribution in [2.45, 2.75) is 0 Å². The van der Waals surface area contributed by atoms with Crippen LogP contribution in [0, 0.1) is 0 Å². The fourth-order valence-corrected chi connectivity index (χ4v) is 4.07. The molecule has 0 aliphatic heterocycles. The van der Waals surface area contributed by atoms with Crippen LogP contribution in [0.15, 0.2) is 51.9 Å². The maximum absolute atomic E-state index is 12.3. The van der Waals surface area contributed by atoms with Gasteiger partial charge in [0.25, 0.3) is 5.91 Å². The van der Waals surface area contributed by atoms with Gasteiger partial charge in [0.1, 0.15) is 0 Å². The summed E-state index contributed by atoms with van der Waals surface area (Å²) >= 11 is 11.0. The minimum absolute atomic E-state index is 0.334. The molecule has 3 nitrogen and oxygen atoms in total. The normalized spacial score (nSPS) is 12.0. The molecule has 1 heterocycles. The van der Waals surface area contributed by atoms with Gasteiger partial charge in [0.05, 0.1) is 20.8 Å². The number of halogens is 2. The number of carbonyl (C=O) groups is 1. The first kappa shape index (κ1) is 14.5. The van der Waals surface area contributed by atoms with Gasteiger partial charge in [-0.1, -0.05) is 41.1 Å². The van der Waals surface area contributed by atoms with Crippen molar-refractivity contribution in [3.63, 3.8) is 0 Å². The molecule has 0 N–H and O–H groups in total. The van der Waals surface area contributed by atoms with E-state index in [1.54, 1.807) is 24.3 Å². The molecule has 0 spiro atoms. The van der Waals surface area contributed by atoms with Gasteiger partial charge in [-0.25, -0.2) is 0 Å². The lowest BCUT2D eigenvalue weighted by Gasteiger charge is -1.99. The smallest absolute Gasteiger partial charge is 0.281 e. The average molecular weight is 382 g/mol. The number of hydrogen-bond acceptors (Lipinski definition) is 2. The van der Waals surface area contributed by atoms with Crippen LogP contribution in [0.1, 0.15) is 10.4 Å². The molecule has 3 rings (SSSR count). The van der Waals surface area contributed by atoms with Crippen LogP contribution in [0.25, 0.3) is 10.2 Å². The van der Waals surface area contributed by atoms with Crippen molar-refractivity contribution in [1.29, 1.82) is 0 Å². The first-order valence-corrected chi connectivity index (χ1v) is 8.14. The summed E-state index contributed by atoms with van der Waals surface area (Å²) in [7, 11) is 1.89. The fraction of sp³-hybridized carbons (Fsp3) is 0.0667. The van der Waals surface area contributed by atoms with Crippen LogP contribution >= 0.6 is 38.9 Å². The number of carbonyl (C=O) groups excluding carboxylic acids is 1. The van der Waals surface area contributed by atoms with Crippen molar-refractivity contribution >= 4 is 55.0 Å². The monoisotopic (exact) mass is 380 g/mol. The largest absolute Gasteiger partial charge is 0.318 e. The minimum atomic E-state index is -0.334. The molecule has 0 aliphatic carbocycles. The van der Waals surface area contributed by atoms with E-state index < -0.39 is 0 Å². The lowest BCUT2D eigenvalue weighted by atomic mass is 10.2. The molecule has 0 saturated carbocycles. The summed E-state index contributed by atoms with van der Waals surface area (Å²) in [6.07, 6.45) is 0. The van der Waals surface area contributed by atoms with E-state index >= 15 is 0 Å². The van der Waals surface area contributed by atoms with Gasteiger partial charge in [-0.2, -0.15) is 4.99 Å². The van der Waals surface area contributed by atoms with Crippen LogP contribution in [0.3, 0.4) is 0 Å². The lowest BCUT2D eigenvalue weighted by Crippen LogP contribution is -2.13. The maximum atomic E-state index is 12.3. The molecule has 0 saturated heterocycles. The quantitative estimate of drug-likeness (QED) is 0.615. The molecule has 2 aromatic carbocycles. The van der Waals surface area contributed by atoms with Crippen molar-refractivity contribution in [3.05, 3.63) is 62.3 Å². The van der Waals surface area contributed by atoms with Gasteiger partial charge in [0.2, 0.25) is 0 Å². The van der Waals surface area contributed by atoms with Gasteiger partial charge in [0.15, 0.2) is 4.80 Å². The van der Waals surface area contributed by atoms with Crippen LogP contribution in [-0.2, 0) is 7.05 Å². The number of aryl methyl sites for hydroxylation is 1. The third kappa shape index (κ3) is 2.69. The van der Waals surface area contributed by atoms with Crippen LogP contribution in [0.5, 0.6) is 0 Å². The first-order chi connectivity index (χ1) is 10.1. The van der Waals surface area contributed by atoms with Crippen LogP contribution in [0.2, 0.25) is 5.02 Å². The SMILES string of the molecule is Cn1c(=NC(=O)c2ccccc2Cl)sc2cccc(Br)c21. The number of hydrogen-bond donors (Lipinski definition) is 0. The molecule has 0 unspecified atom stereocenters. The van der Waals surface area contributed by atoms with E-state index in [2.05, 4.69) is 20.9 Å². The van der Waals surface area contributed by atoms with Gasteiger partial charge < -0.3 is 4.57 Å². The zero-order valence-electron chi connectivity index (χ0n) is 11.0. The number of aromatic nitrogens is 1. The highest BCUT2D eigenvalue weighted by Gasteiger charge is 2.11. The number of fused-ring (bicyclic) bond motifs is 1. The van der Waals surface area contributed by atoms with Gasteiger partial charge in [-0.15, -0.1) is 0 Å². The number of nitrogens with zero attached hydrogens (tertiary/aromatic N) is 2. The summed E-state index contributed by atoms with van der Waals surface area (Å²) in [5, 5.41) is 0.413. The van der Waals surface area contributed by atoms with E-state index in [0.717, 1.165) is 14.7 Å². The second-order valence-electron chi connectivity index (χ2n) is 4.43. The number of benzene rings is 2. The third-order valence-electron chi connectivity index (χ3n) is 3.07. The van der Waals surface area contributed by atoms with E-state index in [0.29, 0.717) is 15.4 Å². The summed E-state index contributed by atoms with van der Waals surface area (Å²) < 4.78 is 3.95. The van der Waals surface area contributed by atoms with Crippen molar-refractivity contribution in [2.24, 2.45) is 12.0 Å². The minimum Gasteiger partial charge on any atom is -0.318 e. The highest BCUT2D eigenvalue weighted by molar-refractivity contribution is 9.10. The van der Waals surface area contributed by atoms with Gasteiger partial charge >= 0.3 is 0 Å². The Kier molecular flexibility index (Phi) is 3.97. The Morgan fingerprint density at radius 3 is 2.71 bits per heavy atom. The summed E-state index contributed by atoms with van der Waals surface area (Å²) in [6, 6.07) is 12.9. The molecule has 3 aromatic rings. The Morgan fingerprint density at radius 2 is 2.00 bits per heavy atom. The van der Waals surface area contributed by atoms with Gasteiger partial charge in [-0.05, 0) is 40.2 Å². The molecule has 1 aromatic heterocycles. The zero-order chi connectivity index (χ0) is 15.0. The van der Waals surface area contributed by atoms with Crippen LogP contribution < -0.4 is 4.80 Å². The summed E-state index contributed by atoms with van der Waals surface area (Å²) in [5.41, 5.74) is 1.43. The molecule has 6 heteroatoms. The fourth-order valence-electron chi connectivity index (χ4n) is 2.05. The third-order valence-corrected chi connectivity index (χ3v) is 5.14. The number of rotatable bonds is 1. The number of amides is 1. The predicted octanol–water partition coefficient (Wildman–Crippen LogP) is 4.40. The molecule has 0 atom stereocenters. The molecular weight excluding hydrogens is 372 g/mol. The van der Waals surface area contributed by atoms with E-state index in [9.17, 15) is 4.79 Å². The molecule has 0 aliphatic rings. The predicted molar refractivity (Wildman–Crippen MR) is 89.8 cm³/mol. The van der Waals surface area contributed by atoms with E-state index in [-0.39, 0.29) is 5.91 Å². The molecule has 1 amide bonds. The Balaban J connectivity index is 2.17. The zero-order valence-corrected chi connectivity index (χ0v) is 14.2. The standard InChI is InChI=1S/C15H10BrClN2OS/c1-19-13-10(16)6-4-8-12(13)21-15(19)18-14(20)9-5-2-3-7-11(9)17/h2-8H,1H3. The number of para-hydroxylation sites is 1. The van der Waals surface area contributed by atoms with Crippen molar-refractivity contribution in [2.75, 3.05) is 0 Å². The van der Waals surface area contributed by atoms with Crippen molar-refractivity contribution < 1.29 is 4.79 Å². The Hall–Kier alpha value is -1.43. The van der Waals surface area contributed by atoms with Crippen molar-refractivity contribution in [1.82, 2.24) is 4.57 Å². The summed E-state index contributed by atoms with van der Waals surface area (Å²) in [6.45, 7) is 0.